The minimum absolute atomic E-state index is 0.733. The molecule has 0 aliphatic rings. The summed E-state index contributed by atoms with van der Waals surface area (Å²) in [6.07, 6.45) is 4.77. The van der Waals surface area contributed by atoms with Gasteiger partial charge in [-0.15, -0.1) is 0 Å². The van der Waals surface area contributed by atoms with E-state index in [-0.39, 0.29) is 0 Å². The Balaban J connectivity index is 2.27. The van der Waals surface area contributed by atoms with E-state index >= 15 is 0 Å². The van der Waals surface area contributed by atoms with Crippen LogP contribution >= 0.6 is 11.6 Å². The normalized spacial score (nSPS) is 13.2. The number of hydrogen-bond acceptors (Lipinski definition) is 2. The maximum absolute atomic E-state index is 6.58. The first kappa shape index (κ1) is 20.8. The predicted molar refractivity (Wildman–Crippen MR) is 119 cm³/mol. The van der Waals surface area contributed by atoms with Crippen molar-refractivity contribution in [3.8, 4) is 0 Å². The summed E-state index contributed by atoms with van der Waals surface area (Å²) in [5, 5.41) is 5.10. The largest absolute Gasteiger partial charge is 0.364 e. The molecule has 0 radical (unpaired) electrons. The summed E-state index contributed by atoms with van der Waals surface area (Å²) < 4.78 is 0. The smallest absolute Gasteiger partial charge is 0.106 e. The van der Waals surface area contributed by atoms with Gasteiger partial charge in [0.15, 0.2) is 0 Å². The lowest BCUT2D eigenvalue weighted by Gasteiger charge is -2.19. The summed E-state index contributed by atoms with van der Waals surface area (Å²) in [6, 6.07) is 6.12. The zero-order chi connectivity index (χ0) is 20.1. The van der Waals surface area contributed by atoms with Gasteiger partial charge in [0.1, 0.15) is 11.7 Å². The molecular weight excluding hydrogens is 356 g/mol. The van der Waals surface area contributed by atoms with E-state index in [1.807, 2.05) is 57.3 Å². The number of benzene rings is 1. The first-order valence-corrected chi connectivity index (χ1v) is 9.44. The number of fused-ring (bicyclic) bond motifs is 1. The lowest BCUT2D eigenvalue weighted by Crippen LogP contribution is -2.29. The molecule has 2 aromatic rings. The van der Waals surface area contributed by atoms with Gasteiger partial charge in [0.2, 0.25) is 0 Å². The van der Waals surface area contributed by atoms with Crippen LogP contribution in [-0.2, 0) is 0 Å². The SMILES string of the molecule is C=C(/C=C(/NC(C)=N/C=C(\C)c1[nH]c2c(C)cccc2c1Cl)N(C)C)CC. The summed E-state index contributed by atoms with van der Waals surface area (Å²) in [6.45, 7) is 12.1. The van der Waals surface area contributed by atoms with Crippen LogP contribution in [0, 0.1) is 6.92 Å². The van der Waals surface area contributed by atoms with Crippen LogP contribution in [-0.4, -0.2) is 29.8 Å². The Bertz CT molecular complexity index is 929. The molecular formula is C22H29ClN4. The number of aromatic nitrogens is 1. The Kier molecular flexibility index (Phi) is 6.92. The summed E-state index contributed by atoms with van der Waals surface area (Å²) in [5.74, 6) is 1.75. The van der Waals surface area contributed by atoms with Crippen LogP contribution in [0.5, 0.6) is 0 Å². The van der Waals surface area contributed by atoms with Gasteiger partial charge >= 0.3 is 0 Å². The molecule has 1 heterocycles. The predicted octanol–water partition coefficient (Wildman–Crippen LogP) is 5.87. The molecule has 0 atom stereocenters. The maximum atomic E-state index is 6.58. The van der Waals surface area contributed by atoms with Gasteiger partial charge < -0.3 is 15.2 Å². The lowest BCUT2D eigenvalue weighted by atomic mass is 10.1. The van der Waals surface area contributed by atoms with E-state index in [1.54, 1.807) is 0 Å². The minimum Gasteiger partial charge on any atom is -0.364 e. The van der Waals surface area contributed by atoms with Crippen LogP contribution in [0.2, 0.25) is 5.02 Å². The molecule has 0 saturated heterocycles. The quantitative estimate of drug-likeness (QED) is 0.371. The second kappa shape index (κ2) is 8.96. The van der Waals surface area contributed by atoms with Crippen molar-refractivity contribution < 1.29 is 0 Å². The molecule has 0 unspecified atom stereocenters. The first-order chi connectivity index (χ1) is 12.7. The van der Waals surface area contributed by atoms with Gasteiger partial charge in [0.25, 0.3) is 0 Å². The average molecular weight is 385 g/mol. The molecule has 0 amide bonds. The number of halogens is 1. The van der Waals surface area contributed by atoms with Crippen molar-refractivity contribution in [1.82, 2.24) is 15.2 Å². The zero-order valence-electron chi connectivity index (χ0n) is 17.1. The molecule has 0 spiro atoms. The first-order valence-electron chi connectivity index (χ1n) is 9.06. The van der Waals surface area contributed by atoms with Crippen LogP contribution in [0.3, 0.4) is 0 Å². The van der Waals surface area contributed by atoms with Gasteiger partial charge in [-0.05, 0) is 44.4 Å². The minimum atomic E-state index is 0.733. The Labute approximate surface area is 167 Å². The third kappa shape index (κ3) is 5.04. The number of hydrogen-bond donors (Lipinski definition) is 2. The molecule has 0 bridgehead atoms. The molecule has 1 aromatic heterocycles. The van der Waals surface area contributed by atoms with Crippen LogP contribution in [0.15, 0.2) is 53.4 Å². The monoisotopic (exact) mass is 384 g/mol. The molecule has 2 N–H and O–H groups in total. The third-order valence-corrected chi connectivity index (χ3v) is 4.80. The van der Waals surface area contributed by atoms with Gasteiger partial charge in [-0.2, -0.15) is 0 Å². The number of H-pyrrole nitrogens is 1. The molecule has 144 valence electrons. The highest BCUT2D eigenvalue weighted by molar-refractivity contribution is 6.37. The number of allylic oxidation sites excluding steroid dienone is 3. The molecule has 1 aromatic carbocycles. The summed E-state index contributed by atoms with van der Waals surface area (Å²) in [7, 11) is 3.98. The Morgan fingerprint density at radius 1 is 1.33 bits per heavy atom. The van der Waals surface area contributed by atoms with E-state index in [4.69, 9.17) is 11.6 Å². The molecule has 2 rings (SSSR count). The van der Waals surface area contributed by atoms with Crippen LogP contribution in [0.4, 0.5) is 0 Å². The van der Waals surface area contributed by atoms with E-state index in [9.17, 15) is 0 Å². The fourth-order valence-electron chi connectivity index (χ4n) is 2.65. The van der Waals surface area contributed by atoms with E-state index in [2.05, 4.69) is 41.8 Å². The van der Waals surface area contributed by atoms with Gasteiger partial charge in [0, 0.05) is 25.7 Å². The number of aromatic amines is 1. The fraction of sp³-hybridized carbons (Fsp3) is 0.318. The number of amidine groups is 1. The van der Waals surface area contributed by atoms with E-state index in [0.717, 1.165) is 50.8 Å². The van der Waals surface area contributed by atoms with Crippen molar-refractivity contribution >= 4 is 33.9 Å². The molecule has 0 aliphatic heterocycles. The topological polar surface area (TPSA) is 43.4 Å². The van der Waals surface area contributed by atoms with E-state index in [1.165, 1.54) is 5.56 Å². The van der Waals surface area contributed by atoms with E-state index < -0.39 is 0 Å². The highest BCUT2D eigenvalue weighted by Crippen LogP contribution is 2.32. The van der Waals surface area contributed by atoms with Crippen LogP contribution in [0.25, 0.3) is 16.5 Å². The summed E-state index contributed by atoms with van der Waals surface area (Å²) in [4.78, 5) is 9.99. The second-order valence-corrected chi connectivity index (χ2v) is 7.28. The Morgan fingerprint density at radius 3 is 2.63 bits per heavy atom. The van der Waals surface area contributed by atoms with Crippen molar-refractivity contribution in [3.05, 3.63) is 64.7 Å². The van der Waals surface area contributed by atoms with Crippen LogP contribution in [0.1, 0.15) is 38.4 Å². The lowest BCUT2D eigenvalue weighted by molar-refractivity contribution is 0.487. The Morgan fingerprint density at radius 2 is 2.04 bits per heavy atom. The highest BCUT2D eigenvalue weighted by atomic mass is 35.5. The number of rotatable bonds is 6. The molecule has 4 nitrogen and oxygen atoms in total. The summed E-state index contributed by atoms with van der Waals surface area (Å²) in [5.41, 5.74) is 5.18. The highest BCUT2D eigenvalue weighted by Gasteiger charge is 2.12. The third-order valence-electron chi connectivity index (χ3n) is 4.41. The molecule has 0 saturated carbocycles. The van der Waals surface area contributed by atoms with Gasteiger partial charge in [-0.3, -0.25) is 0 Å². The molecule has 27 heavy (non-hydrogen) atoms. The zero-order valence-corrected chi connectivity index (χ0v) is 17.8. The van der Waals surface area contributed by atoms with Crippen LogP contribution < -0.4 is 5.32 Å². The van der Waals surface area contributed by atoms with Crippen molar-refractivity contribution in [1.29, 1.82) is 0 Å². The number of aryl methyl sites for hydroxylation is 1. The number of para-hydroxylation sites is 1. The number of nitrogens with zero attached hydrogens (tertiary/aromatic N) is 2. The van der Waals surface area contributed by atoms with Crippen molar-refractivity contribution in [2.24, 2.45) is 4.99 Å². The maximum Gasteiger partial charge on any atom is 0.106 e. The summed E-state index contributed by atoms with van der Waals surface area (Å²) >= 11 is 6.58. The van der Waals surface area contributed by atoms with Gasteiger partial charge in [-0.25, -0.2) is 4.99 Å². The molecule has 0 fully saturated rings. The molecule has 5 heteroatoms. The standard InChI is InChI=1S/C22H29ClN4/c1-8-14(2)12-19(27(6)7)25-17(5)24-13-16(4)22-20(23)18-11-9-10-15(3)21(18)26-22/h9-13,26H,2,8H2,1,3-7H3,(H,24,25)/b16-13+,19-12-. The Hall–Kier alpha value is -2.46. The van der Waals surface area contributed by atoms with Crippen molar-refractivity contribution in [2.75, 3.05) is 14.1 Å². The second-order valence-electron chi connectivity index (χ2n) is 6.90. The average Bonchev–Trinajstić information content (AvgIpc) is 2.97. The van der Waals surface area contributed by atoms with Crippen molar-refractivity contribution in [2.45, 2.75) is 34.1 Å². The van der Waals surface area contributed by atoms with Crippen molar-refractivity contribution in [3.63, 3.8) is 0 Å². The van der Waals surface area contributed by atoms with Gasteiger partial charge in [0.05, 0.1) is 16.2 Å². The number of nitrogens with one attached hydrogen (secondary N) is 2. The number of aliphatic imine (C=N–C) groups is 1. The molecule has 0 aliphatic carbocycles. The fourth-order valence-corrected chi connectivity index (χ4v) is 3.00. The van der Waals surface area contributed by atoms with E-state index in [0.29, 0.717) is 0 Å². The van der Waals surface area contributed by atoms with Gasteiger partial charge in [-0.1, -0.05) is 48.9 Å².